The van der Waals surface area contributed by atoms with E-state index in [0.717, 1.165) is 0 Å². The number of esters is 1. The Morgan fingerprint density at radius 1 is 0.931 bits per heavy atom. The Kier molecular flexibility index (Phi) is 6.88. The summed E-state index contributed by atoms with van der Waals surface area (Å²) in [7, 11) is 0. The maximum absolute atomic E-state index is 12.8. The predicted octanol–water partition coefficient (Wildman–Crippen LogP) is 3.67. The van der Waals surface area contributed by atoms with Crippen LogP contribution in [0.4, 0.5) is 11.4 Å². The van der Waals surface area contributed by atoms with Crippen molar-refractivity contribution >= 4 is 34.9 Å². The normalized spacial score (nSPS) is 10.8. The Balaban J connectivity index is 2.18. The van der Waals surface area contributed by atoms with Crippen LogP contribution in [0.3, 0.4) is 0 Å². The second-order valence-corrected chi connectivity index (χ2v) is 6.94. The van der Waals surface area contributed by atoms with Gasteiger partial charge in [-0.2, -0.15) is 0 Å². The molecule has 0 bridgehead atoms. The van der Waals surface area contributed by atoms with Crippen molar-refractivity contribution in [2.45, 2.75) is 27.7 Å². The van der Waals surface area contributed by atoms with Crippen molar-refractivity contribution in [3.63, 3.8) is 0 Å². The molecule has 29 heavy (non-hydrogen) atoms. The molecule has 0 aliphatic rings. The number of carbonyl (C=O) groups is 4. The van der Waals surface area contributed by atoms with Gasteiger partial charge in [0, 0.05) is 11.3 Å². The zero-order valence-electron chi connectivity index (χ0n) is 16.9. The third kappa shape index (κ3) is 5.28. The second-order valence-electron chi connectivity index (χ2n) is 6.94. The zero-order chi connectivity index (χ0) is 21.6. The number of rotatable bonds is 7. The summed E-state index contributed by atoms with van der Waals surface area (Å²) in [5, 5.41) is 5.29. The highest BCUT2D eigenvalue weighted by Crippen LogP contribution is 2.24. The molecular weight excluding hydrogens is 372 g/mol. The van der Waals surface area contributed by atoms with Crippen molar-refractivity contribution in [3.8, 4) is 0 Å². The fourth-order valence-electron chi connectivity index (χ4n) is 2.46. The first-order chi connectivity index (χ1) is 13.7. The van der Waals surface area contributed by atoms with Crippen LogP contribution in [0.5, 0.6) is 0 Å². The van der Waals surface area contributed by atoms with Gasteiger partial charge < -0.3 is 15.4 Å². The van der Waals surface area contributed by atoms with Crippen LogP contribution in [-0.2, 0) is 14.3 Å². The number of carbonyl (C=O) groups excluding carboxylic acids is 4. The number of ketones is 1. The third-order valence-corrected chi connectivity index (χ3v) is 4.33. The monoisotopic (exact) mass is 396 g/mol. The van der Waals surface area contributed by atoms with E-state index in [1.54, 1.807) is 49.4 Å². The maximum Gasteiger partial charge on any atom is 0.340 e. The summed E-state index contributed by atoms with van der Waals surface area (Å²) >= 11 is 0. The lowest BCUT2D eigenvalue weighted by Gasteiger charge is -2.23. The second kappa shape index (κ2) is 9.14. The number of benzene rings is 2. The number of amides is 2. The molecule has 0 aliphatic heterocycles. The summed E-state index contributed by atoms with van der Waals surface area (Å²) in [5.74, 6) is -1.83. The number of nitrogens with one attached hydrogen (secondary N) is 2. The quantitative estimate of drug-likeness (QED) is 0.422. The Hall–Kier alpha value is -3.48. The lowest BCUT2D eigenvalue weighted by molar-refractivity contribution is -0.135. The van der Waals surface area contributed by atoms with Crippen LogP contribution in [-0.4, -0.2) is 30.2 Å². The fourth-order valence-corrected chi connectivity index (χ4v) is 2.46. The van der Waals surface area contributed by atoms with Gasteiger partial charge in [0.2, 0.25) is 11.8 Å². The van der Waals surface area contributed by atoms with Gasteiger partial charge in [-0.25, -0.2) is 4.79 Å². The SMILES string of the molecule is CCOC(=O)c1ccccc1NC(=O)C(C)(C)C(=O)Nc1cccc(C(C)=O)c1. The minimum atomic E-state index is -1.45. The zero-order valence-corrected chi connectivity index (χ0v) is 16.9. The molecule has 0 aliphatic carbocycles. The van der Waals surface area contributed by atoms with Crippen molar-refractivity contribution < 1.29 is 23.9 Å². The molecule has 2 rings (SSSR count). The molecule has 0 saturated carbocycles. The summed E-state index contributed by atoms with van der Waals surface area (Å²) in [6, 6.07) is 12.9. The van der Waals surface area contributed by atoms with E-state index in [2.05, 4.69) is 10.6 Å². The average molecular weight is 396 g/mol. The van der Waals surface area contributed by atoms with Crippen LogP contribution < -0.4 is 10.6 Å². The van der Waals surface area contributed by atoms with Gasteiger partial charge in [-0.05, 0) is 52.0 Å². The Bertz CT molecular complexity index is 950. The minimum absolute atomic E-state index is 0.131. The number of Topliss-reactive ketones (excluding diaryl/α,β-unsaturated/α-hetero) is 1. The lowest BCUT2D eigenvalue weighted by Crippen LogP contribution is -2.41. The van der Waals surface area contributed by atoms with Crippen LogP contribution in [0.25, 0.3) is 0 Å². The van der Waals surface area contributed by atoms with E-state index >= 15 is 0 Å². The van der Waals surface area contributed by atoms with Gasteiger partial charge >= 0.3 is 5.97 Å². The number of para-hydroxylation sites is 1. The van der Waals surface area contributed by atoms with Crippen molar-refractivity contribution in [2.24, 2.45) is 5.41 Å². The molecule has 7 heteroatoms. The van der Waals surface area contributed by atoms with Crippen LogP contribution in [0, 0.1) is 5.41 Å². The van der Waals surface area contributed by atoms with Crippen molar-refractivity contribution in [1.29, 1.82) is 0 Å². The molecule has 7 nitrogen and oxygen atoms in total. The Morgan fingerprint density at radius 2 is 1.59 bits per heavy atom. The summed E-state index contributed by atoms with van der Waals surface area (Å²) in [6.45, 7) is 6.26. The topological polar surface area (TPSA) is 102 Å². The fraction of sp³-hybridized carbons (Fsp3) is 0.273. The molecule has 0 heterocycles. The standard InChI is InChI=1S/C22H24N2O5/c1-5-29-19(26)17-11-6-7-12-18(17)24-21(28)22(3,4)20(27)23-16-10-8-9-15(13-16)14(2)25/h6-13H,5H2,1-4H3,(H,23,27)(H,24,28). The summed E-state index contributed by atoms with van der Waals surface area (Å²) in [4.78, 5) is 49.1. The van der Waals surface area contributed by atoms with Gasteiger partial charge in [-0.15, -0.1) is 0 Å². The number of hydrogen-bond acceptors (Lipinski definition) is 5. The van der Waals surface area contributed by atoms with Crippen LogP contribution in [0.2, 0.25) is 0 Å². The summed E-state index contributed by atoms with van der Waals surface area (Å²) in [5.41, 5.74) is -0.124. The molecule has 0 unspecified atom stereocenters. The van der Waals surface area contributed by atoms with Crippen LogP contribution in [0.1, 0.15) is 48.4 Å². The van der Waals surface area contributed by atoms with Gasteiger partial charge in [0.1, 0.15) is 5.41 Å². The van der Waals surface area contributed by atoms with E-state index in [1.165, 1.54) is 26.8 Å². The average Bonchev–Trinajstić information content (AvgIpc) is 2.68. The molecule has 2 aromatic carbocycles. The van der Waals surface area contributed by atoms with Gasteiger partial charge in [-0.3, -0.25) is 14.4 Å². The van der Waals surface area contributed by atoms with E-state index < -0.39 is 23.2 Å². The van der Waals surface area contributed by atoms with Gasteiger partial charge in [0.25, 0.3) is 0 Å². The molecule has 0 fully saturated rings. The molecule has 2 aromatic rings. The van der Waals surface area contributed by atoms with E-state index in [9.17, 15) is 19.2 Å². The first kappa shape index (κ1) is 21.8. The van der Waals surface area contributed by atoms with Gasteiger partial charge in [0.05, 0.1) is 17.9 Å². The van der Waals surface area contributed by atoms with E-state index in [1.807, 2.05) is 0 Å². The largest absolute Gasteiger partial charge is 0.462 e. The minimum Gasteiger partial charge on any atom is -0.462 e. The number of anilines is 2. The molecule has 0 spiro atoms. The Morgan fingerprint density at radius 3 is 2.24 bits per heavy atom. The highest BCUT2D eigenvalue weighted by atomic mass is 16.5. The van der Waals surface area contributed by atoms with Crippen molar-refractivity contribution in [3.05, 3.63) is 59.7 Å². The first-order valence-electron chi connectivity index (χ1n) is 9.17. The first-order valence-corrected chi connectivity index (χ1v) is 9.17. The molecule has 0 aromatic heterocycles. The molecule has 152 valence electrons. The molecule has 0 radical (unpaired) electrons. The van der Waals surface area contributed by atoms with Crippen molar-refractivity contribution in [1.82, 2.24) is 0 Å². The van der Waals surface area contributed by atoms with E-state index in [0.29, 0.717) is 11.3 Å². The summed E-state index contributed by atoms with van der Waals surface area (Å²) in [6.07, 6.45) is 0. The smallest absolute Gasteiger partial charge is 0.340 e. The molecule has 2 N–H and O–H groups in total. The van der Waals surface area contributed by atoms with Gasteiger partial charge in [0.15, 0.2) is 5.78 Å². The van der Waals surface area contributed by atoms with E-state index in [4.69, 9.17) is 4.74 Å². The summed E-state index contributed by atoms with van der Waals surface area (Å²) < 4.78 is 5.00. The van der Waals surface area contributed by atoms with Crippen molar-refractivity contribution in [2.75, 3.05) is 17.2 Å². The highest BCUT2D eigenvalue weighted by molar-refractivity contribution is 6.15. The maximum atomic E-state index is 12.8. The predicted molar refractivity (Wildman–Crippen MR) is 110 cm³/mol. The lowest BCUT2D eigenvalue weighted by atomic mass is 9.90. The van der Waals surface area contributed by atoms with Crippen LogP contribution >= 0.6 is 0 Å². The molecule has 0 atom stereocenters. The van der Waals surface area contributed by atoms with E-state index in [-0.39, 0.29) is 23.6 Å². The molecule has 0 saturated heterocycles. The molecular formula is C22H24N2O5. The Labute approximate surface area is 169 Å². The van der Waals surface area contributed by atoms with Gasteiger partial charge in [-0.1, -0.05) is 24.3 Å². The third-order valence-electron chi connectivity index (χ3n) is 4.33. The molecule has 2 amide bonds. The number of hydrogen-bond donors (Lipinski definition) is 2. The van der Waals surface area contributed by atoms with Crippen LogP contribution in [0.15, 0.2) is 48.5 Å². The number of ether oxygens (including phenoxy) is 1. The highest BCUT2D eigenvalue weighted by Gasteiger charge is 2.36.